The molecule has 2 aromatic rings. The summed E-state index contributed by atoms with van der Waals surface area (Å²) in [6.45, 7) is 0.615. The van der Waals surface area contributed by atoms with Crippen LogP contribution in [0.4, 0.5) is 13.2 Å². The topological polar surface area (TPSA) is 67.5 Å². The van der Waals surface area contributed by atoms with E-state index in [1.54, 1.807) is 11.0 Å². The number of benzene rings is 1. The van der Waals surface area contributed by atoms with Crippen molar-refractivity contribution in [3.63, 3.8) is 0 Å². The van der Waals surface area contributed by atoms with Gasteiger partial charge in [-0.25, -0.2) is 4.98 Å². The maximum absolute atomic E-state index is 13.0. The van der Waals surface area contributed by atoms with Crippen molar-refractivity contribution in [3.05, 3.63) is 28.3 Å². The van der Waals surface area contributed by atoms with Gasteiger partial charge in [-0.3, -0.25) is 9.69 Å². The molecule has 1 aromatic heterocycles. The first-order valence-electron chi connectivity index (χ1n) is 8.26. The van der Waals surface area contributed by atoms with Crippen LogP contribution in [0.1, 0.15) is 18.7 Å². The number of aromatic amines is 1. The zero-order chi connectivity index (χ0) is 18.9. The van der Waals surface area contributed by atoms with Gasteiger partial charge in [-0.15, -0.1) is 0 Å². The van der Waals surface area contributed by atoms with Crippen molar-refractivity contribution in [1.29, 1.82) is 0 Å². The van der Waals surface area contributed by atoms with Crippen LogP contribution >= 0.6 is 0 Å². The van der Waals surface area contributed by atoms with Gasteiger partial charge in [0.2, 0.25) is 0 Å². The number of ether oxygens (including phenoxy) is 2. The molecule has 2 heterocycles. The smallest absolute Gasteiger partial charge is 0.393 e. The fourth-order valence-electron chi connectivity index (χ4n) is 3.27. The number of fused-ring (bicyclic) bond motifs is 1. The monoisotopic (exact) mass is 371 g/mol. The van der Waals surface area contributed by atoms with Crippen molar-refractivity contribution in [2.45, 2.75) is 25.6 Å². The third kappa shape index (κ3) is 3.77. The zero-order valence-corrected chi connectivity index (χ0v) is 14.5. The SMILES string of the molecule is COc1cc2nc(CN3CCC[C@H](C(F)(F)F)C3)[nH]c(=O)c2cc1OC. The molecule has 26 heavy (non-hydrogen) atoms. The molecule has 0 spiro atoms. The van der Waals surface area contributed by atoms with E-state index in [0.29, 0.717) is 41.2 Å². The number of hydrogen-bond donors (Lipinski definition) is 1. The zero-order valence-electron chi connectivity index (χ0n) is 14.5. The summed E-state index contributed by atoms with van der Waals surface area (Å²) in [7, 11) is 2.94. The first kappa shape index (κ1) is 18.5. The molecule has 0 bridgehead atoms. The molecule has 0 saturated carbocycles. The van der Waals surface area contributed by atoms with Gasteiger partial charge < -0.3 is 14.5 Å². The van der Waals surface area contributed by atoms with Crippen LogP contribution < -0.4 is 15.0 Å². The minimum atomic E-state index is -4.20. The molecule has 0 aliphatic carbocycles. The van der Waals surface area contributed by atoms with E-state index < -0.39 is 12.1 Å². The van der Waals surface area contributed by atoms with Gasteiger partial charge in [-0.1, -0.05) is 0 Å². The van der Waals surface area contributed by atoms with Crippen LogP contribution in [-0.2, 0) is 6.54 Å². The summed E-state index contributed by atoms with van der Waals surface area (Å²) in [5, 5.41) is 0.332. The summed E-state index contributed by atoms with van der Waals surface area (Å²) in [5.74, 6) is -0.173. The van der Waals surface area contributed by atoms with E-state index >= 15 is 0 Å². The van der Waals surface area contributed by atoms with Crippen LogP contribution in [-0.4, -0.2) is 48.4 Å². The minimum absolute atomic E-state index is 0.0861. The van der Waals surface area contributed by atoms with Gasteiger partial charge in [0, 0.05) is 12.6 Å². The highest BCUT2D eigenvalue weighted by molar-refractivity contribution is 5.81. The molecule has 0 radical (unpaired) electrons. The summed E-state index contributed by atoms with van der Waals surface area (Å²) in [6.07, 6.45) is -3.60. The number of hydrogen-bond acceptors (Lipinski definition) is 5. The van der Waals surface area contributed by atoms with E-state index in [4.69, 9.17) is 9.47 Å². The number of likely N-dealkylation sites (tertiary alicyclic amines) is 1. The van der Waals surface area contributed by atoms with Crippen molar-refractivity contribution < 1.29 is 22.6 Å². The third-order valence-corrected chi connectivity index (χ3v) is 4.60. The maximum Gasteiger partial charge on any atom is 0.393 e. The van der Waals surface area contributed by atoms with Crippen LogP contribution in [0.5, 0.6) is 11.5 Å². The normalized spacial score (nSPS) is 18.9. The Morgan fingerprint density at radius 3 is 2.62 bits per heavy atom. The Morgan fingerprint density at radius 2 is 1.96 bits per heavy atom. The van der Waals surface area contributed by atoms with Gasteiger partial charge >= 0.3 is 6.18 Å². The molecule has 1 atom stereocenters. The standard InChI is InChI=1S/C17H20F3N3O3/c1-25-13-6-11-12(7-14(13)26-2)21-15(22-16(11)24)9-23-5-3-4-10(8-23)17(18,19)20/h6-7,10H,3-5,8-9H2,1-2H3,(H,21,22,24)/t10-/m0/s1. The predicted octanol–water partition coefficient (Wildman–Crippen LogP) is 2.71. The van der Waals surface area contributed by atoms with E-state index in [-0.39, 0.29) is 25.1 Å². The Balaban J connectivity index is 1.88. The van der Waals surface area contributed by atoms with E-state index in [1.807, 2.05) is 0 Å². The predicted molar refractivity (Wildman–Crippen MR) is 89.5 cm³/mol. The van der Waals surface area contributed by atoms with Crippen molar-refractivity contribution in [2.75, 3.05) is 27.3 Å². The summed E-state index contributed by atoms with van der Waals surface area (Å²) in [4.78, 5) is 21.1. The molecular formula is C17H20F3N3O3. The molecule has 3 rings (SSSR count). The number of methoxy groups -OCH3 is 2. The Bertz CT molecular complexity index is 851. The van der Waals surface area contributed by atoms with Gasteiger partial charge in [0.05, 0.1) is 37.6 Å². The number of nitrogens with zero attached hydrogens (tertiary/aromatic N) is 2. The van der Waals surface area contributed by atoms with Crippen molar-refractivity contribution in [1.82, 2.24) is 14.9 Å². The van der Waals surface area contributed by atoms with Crippen molar-refractivity contribution in [3.8, 4) is 11.5 Å². The second kappa shape index (κ2) is 7.14. The average Bonchev–Trinajstić information content (AvgIpc) is 2.60. The molecule has 1 aliphatic rings. The molecule has 1 aliphatic heterocycles. The van der Waals surface area contributed by atoms with Gasteiger partial charge in [0.25, 0.3) is 5.56 Å². The second-order valence-electron chi connectivity index (χ2n) is 6.35. The molecule has 1 fully saturated rings. The van der Waals surface area contributed by atoms with E-state index in [9.17, 15) is 18.0 Å². The lowest BCUT2D eigenvalue weighted by Crippen LogP contribution is -2.41. The number of nitrogens with one attached hydrogen (secondary N) is 1. The number of aromatic nitrogens is 2. The fraction of sp³-hybridized carbons (Fsp3) is 0.529. The molecule has 142 valence electrons. The van der Waals surface area contributed by atoms with Crippen LogP contribution in [0, 0.1) is 5.92 Å². The number of rotatable bonds is 4. The highest BCUT2D eigenvalue weighted by Crippen LogP contribution is 2.33. The largest absolute Gasteiger partial charge is 0.493 e. The summed E-state index contributed by atoms with van der Waals surface area (Å²) in [6, 6.07) is 3.12. The molecular weight excluding hydrogens is 351 g/mol. The lowest BCUT2D eigenvalue weighted by atomic mass is 9.97. The van der Waals surface area contributed by atoms with Gasteiger partial charge in [-0.05, 0) is 25.5 Å². The molecule has 0 amide bonds. The van der Waals surface area contributed by atoms with Crippen LogP contribution in [0.3, 0.4) is 0 Å². The number of halogens is 3. The maximum atomic E-state index is 13.0. The minimum Gasteiger partial charge on any atom is -0.493 e. The first-order valence-corrected chi connectivity index (χ1v) is 8.26. The Kier molecular flexibility index (Phi) is 5.08. The van der Waals surface area contributed by atoms with E-state index in [2.05, 4.69) is 9.97 Å². The molecule has 0 unspecified atom stereocenters. The van der Waals surface area contributed by atoms with E-state index in [1.165, 1.54) is 20.3 Å². The van der Waals surface area contributed by atoms with Crippen molar-refractivity contribution >= 4 is 10.9 Å². The van der Waals surface area contributed by atoms with Crippen LogP contribution in [0.15, 0.2) is 16.9 Å². The molecule has 9 heteroatoms. The van der Waals surface area contributed by atoms with Gasteiger partial charge in [0.1, 0.15) is 5.82 Å². The second-order valence-corrected chi connectivity index (χ2v) is 6.35. The number of alkyl halides is 3. The average molecular weight is 371 g/mol. The molecule has 6 nitrogen and oxygen atoms in total. The first-order chi connectivity index (χ1) is 12.3. The van der Waals surface area contributed by atoms with Crippen LogP contribution in [0.2, 0.25) is 0 Å². The Labute approximate surface area is 147 Å². The Hall–Kier alpha value is -2.29. The van der Waals surface area contributed by atoms with E-state index in [0.717, 1.165) is 0 Å². The summed E-state index contributed by atoms with van der Waals surface area (Å²) < 4.78 is 49.3. The summed E-state index contributed by atoms with van der Waals surface area (Å²) in [5.41, 5.74) is 0.0427. The number of H-pyrrole nitrogens is 1. The molecule has 1 saturated heterocycles. The van der Waals surface area contributed by atoms with Crippen LogP contribution in [0.25, 0.3) is 10.9 Å². The highest BCUT2D eigenvalue weighted by atomic mass is 19.4. The molecule has 1 N–H and O–H groups in total. The highest BCUT2D eigenvalue weighted by Gasteiger charge is 2.41. The van der Waals surface area contributed by atoms with Crippen molar-refractivity contribution in [2.24, 2.45) is 5.92 Å². The Morgan fingerprint density at radius 1 is 1.27 bits per heavy atom. The number of piperidine rings is 1. The molecule has 1 aromatic carbocycles. The third-order valence-electron chi connectivity index (χ3n) is 4.60. The quantitative estimate of drug-likeness (QED) is 0.895. The van der Waals surface area contributed by atoms with Gasteiger partial charge in [-0.2, -0.15) is 13.2 Å². The lowest BCUT2D eigenvalue weighted by Gasteiger charge is -2.33. The van der Waals surface area contributed by atoms with Gasteiger partial charge in [0.15, 0.2) is 11.5 Å². The summed E-state index contributed by atoms with van der Waals surface area (Å²) >= 11 is 0. The fourth-order valence-corrected chi connectivity index (χ4v) is 3.27. The lowest BCUT2D eigenvalue weighted by molar-refractivity contribution is -0.187.